The number of pyridine rings is 1. The van der Waals surface area contributed by atoms with Crippen molar-refractivity contribution < 1.29 is 9.90 Å². The number of hydrogen-bond donors (Lipinski definition) is 1. The Hall–Kier alpha value is -2.20. The zero-order valence-corrected chi connectivity index (χ0v) is 11.8. The lowest BCUT2D eigenvalue weighted by Crippen LogP contribution is -2.32. The number of rotatable bonds is 4. The molecule has 0 aliphatic carbocycles. The Morgan fingerprint density at radius 3 is 2.57 bits per heavy atom. The Morgan fingerprint density at radius 2 is 1.90 bits per heavy atom. The third-order valence-electron chi connectivity index (χ3n) is 3.97. The summed E-state index contributed by atoms with van der Waals surface area (Å²) in [6.07, 6.45) is 5.64. The van der Waals surface area contributed by atoms with Gasteiger partial charge in [-0.25, -0.2) is 0 Å². The average Bonchev–Trinajstić information content (AvgIpc) is 3.02. The summed E-state index contributed by atoms with van der Waals surface area (Å²) in [5.74, 6) is -0.784. The highest BCUT2D eigenvalue weighted by Crippen LogP contribution is 2.33. The van der Waals surface area contributed by atoms with Gasteiger partial charge < -0.3 is 5.11 Å². The van der Waals surface area contributed by atoms with Crippen LogP contribution in [0.15, 0.2) is 48.8 Å². The van der Waals surface area contributed by atoms with Crippen LogP contribution in [0.5, 0.6) is 0 Å². The van der Waals surface area contributed by atoms with E-state index in [-0.39, 0.29) is 0 Å². The second kappa shape index (κ2) is 6.06. The molecule has 1 aliphatic heterocycles. The van der Waals surface area contributed by atoms with Crippen molar-refractivity contribution in [2.45, 2.75) is 18.9 Å². The van der Waals surface area contributed by atoms with Crippen molar-refractivity contribution in [3.05, 3.63) is 54.4 Å². The van der Waals surface area contributed by atoms with Crippen molar-refractivity contribution in [2.75, 3.05) is 13.1 Å². The first-order valence-electron chi connectivity index (χ1n) is 7.23. The van der Waals surface area contributed by atoms with Gasteiger partial charge in [-0.3, -0.25) is 14.7 Å². The molecule has 0 spiro atoms. The molecule has 0 radical (unpaired) electrons. The Balaban J connectivity index is 2.06. The zero-order chi connectivity index (χ0) is 14.7. The lowest BCUT2D eigenvalue weighted by atomic mass is 9.95. The molecule has 1 atom stereocenters. The zero-order valence-electron chi connectivity index (χ0n) is 11.8. The van der Waals surface area contributed by atoms with Gasteiger partial charge in [0, 0.05) is 18.0 Å². The number of aliphatic carboxylic acids is 1. The van der Waals surface area contributed by atoms with Gasteiger partial charge in [0.25, 0.3) is 0 Å². The van der Waals surface area contributed by atoms with E-state index < -0.39 is 12.0 Å². The van der Waals surface area contributed by atoms with E-state index in [9.17, 15) is 9.90 Å². The summed E-state index contributed by atoms with van der Waals surface area (Å²) < 4.78 is 0. The van der Waals surface area contributed by atoms with Crippen LogP contribution in [0.1, 0.15) is 24.4 Å². The van der Waals surface area contributed by atoms with Gasteiger partial charge in [0.1, 0.15) is 6.04 Å². The molecule has 1 fully saturated rings. The van der Waals surface area contributed by atoms with Gasteiger partial charge >= 0.3 is 5.97 Å². The van der Waals surface area contributed by atoms with Crippen molar-refractivity contribution in [3.8, 4) is 11.1 Å². The predicted molar refractivity (Wildman–Crippen MR) is 80.9 cm³/mol. The third-order valence-corrected chi connectivity index (χ3v) is 3.97. The molecule has 21 heavy (non-hydrogen) atoms. The van der Waals surface area contributed by atoms with E-state index in [4.69, 9.17) is 0 Å². The summed E-state index contributed by atoms with van der Waals surface area (Å²) >= 11 is 0. The highest BCUT2D eigenvalue weighted by atomic mass is 16.4. The summed E-state index contributed by atoms with van der Waals surface area (Å²) in [5.41, 5.74) is 2.75. The van der Waals surface area contributed by atoms with Gasteiger partial charge in [-0.1, -0.05) is 30.3 Å². The van der Waals surface area contributed by atoms with Crippen LogP contribution in [-0.2, 0) is 4.79 Å². The Labute approximate surface area is 124 Å². The Morgan fingerprint density at radius 1 is 1.14 bits per heavy atom. The molecule has 2 heterocycles. The molecular weight excluding hydrogens is 264 g/mol. The number of carboxylic acid groups (broad SMARTS) is 1. The molecule has 1 aromatic carbocycles. The minimum atomic E-state index is -0.784. The van der Waals surface area contributed by atoms with Crippen LogP contribution < -0.4 is 0 Å². The van der Waals surface area contributed by atoms with E-state index in [0.29, 0.717) is 0 Å². The van der Waals surface area contributed by atoms with Crippen LogP contribution in [0.4, 0.5) is 0 Å². The number of benzene rings is 1. The van der Waals surface area contributed by atoms with Gasteiger partial charge in [-0.05, 0) is 43.1 Å². The van der Waals surface area contributed by atoms with Crippen molar-refractivity contribution >= 4 is 5.97 Å². The van der Waals surface area contributed by atoms with Crippen molar-refractivity contribution in [2.24, 2.45) is 0 Å². The van der Waals surface area contributed by atoms with Gasteiger partial charge in [0.2, 0.25) is 0 Å². The van der Waals surface area contributed by atoms with E-state index in [1.165, 1.54) is 0 Å². The van der Waals surface area contributed by atoms with Crippen molar-refractivity contribution in [3.63, 3.8) is 0 Å². The highest BCUT2D eigenvalue weighted by Gasteiger charge is 2.31. The predicted octanol–water partition coefficient (Wildman–Crippen LogP) is 2.97. The first kappa shape index (κ1) is 13.8. The topological polar surface area (TPSA) is 53.4 Å². The lowest BCUT2D eigenvalue weighted by molar-refractivity contribution is -0.143. The second-order valence-corrected chi connectivity index (χ2v) is 5.31. The quantitative estimate of drug-likeness (QED) is 0.936. The van der Waals surface area contributed by atoms with E-state index in [0.717, 1.165) is 42.6 Å². The van der Waals surface area contributed by atoms with E-state index in [2.05, 4.69) is 9.88 Å². The highest BCUT2D eigenvalue weighted by molar-refractivity contribution is 5.80. The largest absolute Gasteiger partial charge is 0.480 e. The number of likely N-dealkylation sites (tertiary alicyclic amines) is 1. The molecule has 1 N–H and O–H groups in total. The molecule has 4 nitrogen and oxygen atoms in total. The van der Waals surface area contributed by atoms with Gasteiger partial charge in [0.05, 0.1) is 0 Å². The van der Waals surface area contributed by atoms with Crippen LogP contribution in [0.3, 0.4) is 0 Å². The summed E-state index contributed by atoms with van der Waals surface area (Å²) in [4.78, 5) is 18.0. The number of carbonyl (C=O) groups is 1. The molecule has 2 aromatic rings. The minimum absolute atomic E-state index is 0.580. The maximum absolute atomic E-state index is 11.8. The normalized spacial score (nSPS) is 16.8. The molecule has 108 valence electrons. The molecule has 3 rings (SSSR count). The first-order chi connectivity index (χ1) is 10.3. The molecule has 1 aromatic heterocycles. The van der Waals surface area contributed by atoms with Crippen molar-refractivity contribution in [1.29, 1.82) is 0 Å². The maximum Gasteiger partial charge on any atom is 0.325 e. The maximum atomic E-state index is 11.8. The molecule has 1 aliphatic rings. The summed E-state index contributed by atoms with van der Waals surface area (Å²) in [6, 6.07) is 11.0. The lowest BCUT2D eigenvalue weighted by Gasteiger charge is -2.26. The molecular formula is C17H18N2O2. The van der Waals surface area contributed by atoms with E-state index in [1.807, 2.05) is 36.4 Å². The first-order valence-corrected chi connectivity index (χ1v) is 7.23. The smallest absolute Gasteiger partial charge is 0.325 e. The summed E-state index contributed by atoms with van der Waals surface area (Å²) in [6.45, 7) is 1.69. The number of nitrogens with zero attached hydrogens (tertiary/aromatic N) is 2. The molecule has 1 unspecified atom stereocenters. The second-order valence-electron chi connectivity index (χ2n) is 5.31. The van der Waals surface area contributed by atoms with Crippen LogP contribution in [0.25, 0.3) is 11.1 Å². The minimum Gasteiger partial charge on any atom is -0.480 e. The fourth-order valence-corrected chi connectivity index (χ4v) is 3.01. The molecule has 4 heteroatoms. The average molecular weight is 282 g/mol. The Kier molecular flexibility index (Phi) is 3.97. The SMILES string of the molecule is O=C(O)C(c1ccccc1-c1cccnc1)N1CCCC1. The fourth-order valence-electron chi connectivity index (χ4n) is 3.01. The Bertz CT molecular complexity index is 622. The number of carboxylic acids is 1. The van der Waals surface area contributed by atoms with Crippen LogP contribution in [0.2, 0.25) is 0 Å². The summed E-state index contributed by atoms with van der Waals surface area (Å²) in [5, 5.41) is 9.70. The van der Waals surface area contributed by atoms with Crippen LogP contribution in [0, 0.1) is 0 Å². The number of hydrogen-bond acceptors (Lipinski definition) is 3. The molecule has 0 bridgehead atoms. The fraction of sp³-hybridized carbons (Fsp3) is 0.294. The standard InChI is InChI=1S/C17H18N2O2/c20-17(21)16(19-10-3-4-11-19)15-8-2-1-7-14(15)13-6-5-9-18-12-13/h1-2,5-9,12,16H,3-4,10-11H2,(H,20,21). The van der Waals surface area contributed by atoms with Crippen molar-refractivity contribution in [1.82, 2.24) is 9.88 Å². The molecule has 0 saturated carbocycles. The van der Waals surface area contributed by atoms with Gasteiger partial charge in [0.15, 0.2) is 0 Å². The number of aromatic nitrogens is 1. The molecule has 0 amide bonds. The third kappa shape index (κ3) is 2.81. The van der Waals surface area contributed by atoms with Crippen LogP contribution >= 0.6 is 0 Å². The van der Waals surface area contributed by atoms with E-state index in [1.54, 1.807) is 12.4 Å². The van der Waals surface area contributed by atoms with Crippen LogP contribution in [-0.4, -0.2) is 34.0 Å². The van der Waals surface area contributed by atoms with E-state index >= 15 is 0 Å². The monoisotopic (exact) mass is 282 g/mol. The van der Waals surface area contributed by atoms with Gasteiger partial charge in [-0.15, -0.1) is 0 Å². The summed E-state index contributed by atoms with van der Waals surface area (Å²) in [7, 11) is 0. The van der Waals surface area contributed by atoms with Gasteiger partial charge in [-0.2, -0.15) is 0 Å². The molecule has 1 saturated heterocycles.